The summed E-state index contributed by atoms with van der Waals surface area (Å²) in [5.74, 6) is -0.289. The summed E-state index contributed by atoms with van der Waals surface area (Å²) in [4.78, 5) is 0.891. The molecule has 7 heteroatoms. The third kappa shape index (κ3) is 4.14. The van der Waals surface area contributed by atoms with Crippen LogP contribution in [0.25, 0.3) is 0 Å². The van der Waals surface area contributed by atoms with E-state index >= 15 is 0 Å². The predicted molar refractivity (Wildman–Crippen MR) is 69.5 cm³/mol. The first-order valence-electron chi connectivity index (χ1n) is 5.15. The molecule has 0 unspecified atom stereocenters. The molecule has 2 aromatic rings. The monoisotopic (exact) mass is 352 g/mol. The van der Waals surface area contributed by atoms with E-state index in [0.29, 0.717) is 0 Å². The van der Waals surface area contributed by atoms with Crippen LogP contribution in [0.15, 0.2) is 40.2 Å². The van der Waals surface area contributed by atoms with E-state index < -0.39 is 6.36 Å². The first-order valence-corrected chi connectivity index (χ1v) is 6.82. The molecule has 1 aromatic heterocycles. The van der Waals surface area contributed by atoms with Gasteiger partial charge in [0, 0.05) is 4.47 Å². The van der Waals surface area contributed by atoms with Gasteiger partial charge in [0.15, 0.2) is 11.5 Å². The van der Waals surface area contributed by atoms with Gasteiger partial charge < -0.3 is 9.47 Å². The molecule has 0 amide bonds. The van der Waals surface area contributed by atoms with Gasteiger partial charge >= 0.3 is 6.36 Å². The Bertz CT molecular complexity index is 554. The molecule has 2 nitrogen and oxygen atoms in total. The number of thiophene rings is 1. The zero-order valence-electron chi connectivity index (χ0n) is 9.41. The number of ether oxygens (including phenoxy) is 2. The summed E-state index contributed by atoms with van der Waals surface area (Å²) in [5, 5.41) is 1.86. The summed E-state index contributed by atoms with van der Waals surface area (Å²) in [6.07, 6.45) is -4.73. The van der Waals surface area contributed by atoms with Gasteiger partial charge in [0.05, 0.1) is 4.88 Å². The number of hydrogen-bond donors (Lipinski definition) is 0. The molecule has 1 heterocycles. The van der Waals surface area contributed by atoms with Gasteiger partial charge in [0.1, 0.15) is 6.61 Å². The zero-order valence-corrected chi connectivity index (χ0v) is 11.8. The van der Waals surface area contributed by atoms with Crippen LogP contribution in [-0.4, -0.2) is 6.36 Å². The van der Waals surface area contributed by atoms with E-state index in [1.807, 2.05) is 11.4 Å². The molecule has 0 aliphatic rings. The smallest absolute Gasteiger partial charge is 0.484 e. The first-order chi connectivity index (χ1) is 8.96. The summed E-state index contributed by atoms with van der Waals surface area (Å²) >= 11 is 4.78. The quantitative estimate of drug-likeness (QED) is 0.771. The molecule has 0 bridgehead atoms. The highest BCUT2D eigenvalue weighted by molar-refractivity contribution is 9.10. The van der Waals surface area contributed by atoms with Gasteiger partial charge in [-0.05, 0) is 39.5 Å². The fraction of sp³-hybridized carbons (Fsp3) is 0.167. The molecule has 0 N–H and O–H groups in total. The molecule has 0 saturated carbocycles. The highest BCUT2D eigenvalue weighted by Gasteiger charge is 2.32. The van der Waals surface area contributed by atoms with Crippen molar-refractivity contribution >= 4 is 27.3 Å². The maximum Gasteiger partial charge on any atom is 0.573 e. The molecule has 0 fully saturated rings. The third-order valence-corrected chi connectivity index (χ3v) is 4.02. The zero-order chi connectivity index (χ0) is 13.9. The number of alkyl halides is 3. The number of halogens is 4. The molecule has 1 aromatic carbocycles. The Labute approximate surface area is 119 Å². The minimum absolute atomic E-state index is 0.0557. The Kier molecular flexibility index (Phi) is 4.36. The van der Waals surface area contributed by atoms with Crippen LogP contribution in [0.1, 0.15) is 4.88 Å². The summed E-state index contributed by atoms with van der Waals surface area (Å²) < 4.78 is 46.8. The van der Waals surface area contributed by atoms with Crippen LogP contribution < -0.4 is 9.47 Å². The lowest BCUT2D eigenvalue weighted by Crippen LogP contribution is -2.17. The Balaban J connectivity index is 2.10. The molecule has 0 aliphatic heterocycles. The van der Waals surface area contributed by atoms with Gasteiger partial charge in [0.2, 0.25) is 0 Å². The van der Waals surface area contributed by atoms with E-state index in [2.05, 4.69) is 20.7 Å². The van der Waals surface area contributed by atoms with Gasteiger partial charge in [-0.15, -0.1) is 24.5 Å². The Morgan fingerprint density at radius 3 is 2.37 bits per heavy atom. The lowest BCUT2D eigenvalue weighted by Gasteiger charge is -2.13. The van der Waals surface area contributed by atoms with Crippen LogP contribution in [0.2, 0.25) is 0 Å². The van der Waals surface area contributed by atoms with Crippen molar-refractivity contribution in [2.75, 3.05) is 0 Å². The SMILES string of the molecule is FC(F)(F)Oc1ccccc1OCc1sccc1Br. The van der Waals surface area contributed by atoms with Gasteiger partial charge in [-0.1, -0.05) is 12.1 Å². The van der Waals surface area contributed by atoms with Gasteiger partial charge in [-0.3, -0.25) is 0 Å². The third-order valence-electron chi connectivity index (χ3n) is 2.12. The second-order valence-electron chi connectivity index (χ2n) is 3.47. The maximum absolute atomic E-state index is 12.2. The average Bonchev–Trinajstić information content (AvgIpc) is 2.72. The number of para-hydroxylation sites is 2. The van der Waals surface area contributed by atoms with E-state index in [4.69, 9.17) is 4.74 Å². The average molecular weight is 353 g/mol. The van der Waals surface area contributed by atoms with Crippen LogP contribution in [0.5, 0.6) is 11.5 Å². The molecule has 0 aliphatic carbocycles. The van der Waals surface area contributed by atoms with Crippen molar-refractivity contribution < 1.29 is 22.6 Å². The normalized spacial score (nSPS) is 11.4. The fourth-order valence-electron chi connectivity index (χ4n) is 1.35. The second-order valence-corrected chi connectivity index (χ2v) is 5.33. The highest BCUT2D eigenvalue weighted by atomic mass is 79.9. The van der Waals surface area contributed by atoms with Crippen molar-refractivity contribution in [3.63, 3.8) is 0 Å². The fourth-order valence-corrected chi connectivity index (χ4v) is 2.73. The lowest BCUT2D eigenvalue weighted by atomic mass is 10.3. The lowest BCUT2D eigenvalue weighted by molar-refractivity contribution is -0.275. The van der Waals surface area contributed by atoms with Gasteiger partial charge in [-0.25, -0.2) is 0 Å². The molecule has 0 spiro atoms. The standard InChI is InChI=1S/C12H8BrF3O2S/c13-8-5-6-19-11(8)7-17-9-3-1-2-4-10(9)18-12(14,15)16/h1-6H,7H2. The predicted octanol–water partition coefficient (Wildman–Crippen LogP) is 4.99. The molecule has 102 valence electrons. The van der Waals surface area contributed by atoms with E-state index in [1.54, 1.807) is 6.07 Å². The highest BCUT2D eigenvalue weighted by Crippen LogP contribution is 2.33. The molecule has 0 atom stereocenters. The van der Waals surface area contributed by atoms with E-state index in [1.165, 1.54) is 29.5 Å². The second kappa shape index (κ2) is 5.83. The number of benzene rings is 1. The van der Waals surface area contributed by atoms with Crippen molar-refractivity contribution in [3.8, 4) is 11.5 Å². The van der Waals surface area contributed by atoms with E-state index in [9.17, 15) is 13.2 Å². The van der Waals surface area contributed by atoms with Crippen molar-refractivity contribution in [2.24, 2.45) is 0 Å². The molecule has 0 saturated heterocycles. The molecular formula is C12H8BrF3O2S. The van der Waals surface area contributed by atoms with Crippen molar-refractivity contribution in [3.05, 3.63) is 45.1 Å². The molecular weight excluding hydrogens is 345 g/mol. The van der Waals surface area contributed by atoms with Gasteiger partial charge in [-0.2, -0.15) is 0 Å². The molecule has 0 radical (unpaired) electrons. The number of hydrogen-bond acceptors (Lipinski definition) is 3. The van der Waals surface area contributed by atoms with Crippen LogP contribution in [0.3, 0.4) is 0 Å². The van der Waals surface area contributed by atoms with E-state index in [-0.39, 0.29) is 18.1 Å². The van der Waals surface area contributed by atoms with Crippen LogP contribution >= 0.6 is 27.3 Å². The largest absolute Gasteiger partial charge is 0.573 e. The van der Waals surface area contributed by atoms with Crippen molar-refractivity contribution in [1.29, 1.82) is 0 Å². The topological polar surface area (TPSA) is 18.5 Å². The Morgan fingerprint density at radius 2 is 1.79 bits per heavy atom. The summed E-state index contributed by atoms with van der Waals surface area (Å²) in [7, 11) is 0. The summed E-state index contributed by atoms with van der Waals surface area (Å²) in [6, 6.07) is 7.54. The minimum Gasteiger partial charge on any atom is -0.484 e. The Morgan fingerprint density at radius 1 is 1.11 bits per heavy atom. The molecule has 19 heavy (non-hydrogen) atoms. The summed E-state index contributed by atoms with van der Waals surface area (Å²) in [5.41, 5.74) is 0. The number of rotatable bonds is 4. The van der Waals surface area contributed by atoms with Crippen molar-refractivity contribution in [2.45, 2.75) is 13.0 Å². The first kappa shape index (κ1) is 14.2. The van der Waals surface area contributed by atoms with Crippen LogP contribution in [-0.2, 0) is 6.61 Å². The van der Waals surface area contributed by atoms with E-state index in [0.717, 1.165) is 9.35 Å². The Hall–Kier alpha value is -1.21. The summed E-state index contributed by atoms with van der Waals surface area (Å²) in [6.45, 7) is 0.177. The van der Waals surface area contributed by atoms with Crippen molar-refractivity contribution in [1.82, 2.24) is 0 Å². The van der Waals surface area contributed by atoms with Crippen LogP contribution in [0.4, 0.5) is 13.2 Å². The maximum atomic E-state index is 12.2. The minimum atomic E-state index is -4.73. The molecule has 2 rings (SSSR count). The van der Waals surface area contributed by atoms with Gasteiger partial charge in [0.25, 0.3) is 0 Å². The van der Waals surface area contributed by atoms with Crippen LogP contribution in [0, 0.1) is 0 Å².